The van der Waals surface area contributed by atoms with Gasteiger partial charge in [-0.15, -0.1) is 0 Å². The average molecular weight is 294 g/mol. The third-order valence-corrected chi connectivity index (χ3v) is 2.89. The number of nitrogens with two attached hydrogens (primary N) is 1. The number of carbonyl (C=O) groups is 2. The summed E-state index contributed by atoms with van der Waals surface area (Å²) in [5.74, 6) is -0.603. The van der Waals surface area contributed by atoms with Gasteiger partial charge in [-0.25, -0.2) is 4.79 Å². The van der Waals surface area contributed by atoms with Gasteiger partial charge in [0.15, 0.2) is 0 Å². The fraction of sp³-hybridized carbons (Fsp3) is 0.533. The van der Waals surface area contributed by atoms with Crippen LogP contribution in [0.15, 0.2) is 12.3 Å². The van der Waals surface area contributed by atoms with Gasteiger partial charge in [0.25, 0.3) is 0 Å². The summed E-state index contributed by atoms with van der Waals surface area (Å²) >= 11 is 0. The third kappa shape index (κ3) is 6.25. The minimum atomic E-state index is -0.419. The topological polar surface area (TPSA) is 91.5 Å². The second kappa shape index (κ2) is 8.94. The zero-order valence-electron chi connectivity index (χ0n) is 12.6. The maximum atomic E-state index is 11.9. The van der Waals surface area contributed by atoms with Crippen LogP contribution in [0.5, 0.6) is 0 Å². The molecule has 2 N–H and O–H groups in total. The quantitative estimate of drug-likeness (QED) is 0.584. The first-order valence-corrected chi connectivity index (χ1v) is 7.09. The summed E-state index contributed by atoms with van der Waals surface area (Å²) in [6.45, 7) is 4.24. The van der Waals surface area contributed by atoms with E-state index in [0.717, 1.165) is 12.8 Å². The van der Waals surface area contributed by atoms with E-state index < -0.39 is 5.97 Å². The third-order valence-electron chi connectivity index (χ3n) is 2.89. The van der Waals surface area contributed by atoms with E-state index in [9.17, 15) is 9.59 Å². The van der Waals surface area contributed by atoms with E-state index in [1.54, 1.807) is 19.9 Å². The van der Waals surface area contributed by atoms with Crippen molar-refractivity contribution in [1.29, 1.82) is 0 Å². The Labute approximate surface area is 124 Å². The highest BCUT2D eigenvalue weighted by Gasteiger charge is 2.11. The Morgan fingerprint density at radius 3 is 2.71 bits per heavy atom. The molecular formula is C15H22N2O4. The van der Waals surface area contributed by atoms with Crippen molar-refractivity contribution < 1.29 is 19.1 Å². The first kappa shape index (κ1) is 16.9. The van der Waals surface area contributed by atoms with Gasteiger partial charge in [0.05, 0.1) is 36.4 Å². The van der Waals surface area contributed by atoms with Gasteiger partial charge in [0.1, 0.15) is 0 Å². The summed E-state index contributed by atoms with van der Waals surface area (Å²) in [7, 11) is 0. The predicted molar refractivity (Wildman–Crippen MR) is 78.8 cm³/mol. The maximum absolute atomic E-state index is 11.9. The number of rotatable bonds is 8. The minimum absolute atomic E-state index is 0.184. The molecule has 0 aliphatic rings. The highest BCUT2D eigenvalue weighted by Crippen LogP contribution is 2.11. The van der Waals surface area contributed by atoms with Crippen LogP contribution in [0.25, 0.3) is 0 Å². The molecule has 1 aromatic heterocycles. The number of anilines is 1. The maximum Gasteiger partial charge on any atom is 0.340 e. The van der Waals surface area contributed by atoms with Crippen LogP contribution in [-0.4, -0.2) is 30.1 Å². The average Bonchev–Trinajstić information content (AvgIpc) is 2.45. The van der Waals surface area contributed by atoms with Gasteiger partial charge in [0, 0.05) is 6.42 Å². The lowest BCUT2D eigenvalue weighted by atomic mass is 10.2. The molecular weight excluding hydrogens is 272 g/mol. The Bertz CT molecular complexity index is 489. The summed E-state index contributed by atoms with van der Waals surface area (Å²) in [4.78, 5) is 27.0. The number of carbonyl (C=O) groups excluding carboxylic acids is 2. The number of hydrogen-bond donors (Lipinski definition) is 1. The van der Waals surface area contributed by atoms with E-state index in [0.29, 0.717) is 43.0 Å². The molecule has 0 aliphatic heterocycles. The van der Waals surface area contributed by atoms with Gasteiger partial charge in [0.2, 0.25) is 0 Å². The number of unbranched alkanes of at least 4 members (excludes halogenated alkanes) is 2. The van der Waals surface area contributed by atoms with Gasteiger partial charge in [-0.05, 0) is 39.2 Å². The number of nitrogen functional groups attached to an aromatic ring is 1. The second-order valence-electron chi connectivity index (χ2n) is 4.65. The SMILES string of the molecule is CCOC(=O)CCCCCOC(=O)c1cc(N)cnc1C. The molecule has 0 atom stereocenters. The predicted octanol–water partition coefficient (Wildman–Crippen LogP) is 2.25. The summed E-state index contributed by atoms with van der Waals surface area (Å²) in [6.07, 6.45) is 4.15. The molecule has 21 heavy (non-hydrogen) atoms. The lowest BCUT2D eigenvalue weighted by Gasteiger charge is -2.07. The van der Waals surface area contributed by atoms with Crippen LogP contribution in [-0.2, 0) is 14.3 Å². The number of hydrogen-bond acceptors (Lipinski definition) is 6. The van der Waals surface area contributed by atoms with Gasteiger partial charge in [-0.2, -0.15) is 0 Å². The number of ether oxygens (including phenoxy) is 2. The van der Waals surface area contributed by atoms with E-state index in [4.69, 9.17) is 15.2 Å². The van der Waals surface area contributed by atoms with Crippen molar-refractivity contribution in [3.8, 4) is 0 Å². The Kier molecular flexibility index (Phi) is 7.21. The Balaban J connectivity index is 2.22. The standard InChI is InChI=1S/C15H22N2O4/c1-3-20-14(18)7-5-4-6-8-21-15(19)13-9-12(16)10-17-11(13)2/h9-10H,3-8,16H2,1-2H3. The lowest BCUT2D eigenvalue weighted by Crippen LogP contribution is -2.10. The molecule has 0 spiro atoms. The van der Waals surface area contributed by atoms with Crippen molar-refractivity contribution in [3.63, 3.8) is 0 Å². The molecule has 0 radical (unpaired) electrons. The summed E-state index contributed by atoms with van der Waals surface area (Å²) in [5, 5.41) is 0. The number of esters is 2. The van der Waals surface area contributed by atoms with E-state index >= 15 is 0 Å². The van der Waals surface area contributed by atoms with Crippen LogP contribution in [0.1, 0.15) is 48.7 Å². The van der Waals surface area contributed by atoms with Gasteiger partial charge in [-0.3, -0.25) is 9.78 Å². The first-order chi connectivity index (χ1) is 10.0. The van der Waals surface area contributed by atoms with Gasteiger partial charge >= 0.3 is 11.9 Å². The van der Waals surface area contributed by atoms with Crippen molar-refractivity contribution in [1.82, 2.24) is 4.98 Å². The first-order valence-electron chi connectivity index (χ1n) is 7.09. The molecule has 0 aliphatic carbocycles. The zero-order chi connectivity index (χ0) is 15.7. The van der Waals surface area contributed by atoms with Crippen molar-refractivity contribution in [3.05, 3.63) is 23.5 Å². The smallest absolute Gasteiger partial charge is 0.340 e. The summed E-state index contributed by atoms with van der Waals surface area (Å²) in [5.41, 5.74) is 7.02. The highest BCUT2D eigenvalue weighted by atomic mass is 16.5. The van der Waals surface area contributed by atoms with E-state index in [2.05, 4.69) is 4.98 Å². The van der Waals surface area contributed by atoms with Crippen molar-refractivity contribution in [2.45, 2.75) is 39.5 Å². The largest absolute Gasteiger partial charge is 0.466 e. The molecule has 0 bridgehead atoms. The van der Waals surface area contributed by atoms with Crippen LogP contribution in [0.2, 0.25) is 0 Å². The monoisotopic (exact) mass is 294 g/mol. The molecule has 0 amide bonds. The molecule has 0 unspecified atom stereocenters. The van der Waals surface area contributed by atoms with Crippen LogP contribution in [0.3, 0.4) is 0 Å². The molecule has 0 aromatic carbocycles. The zero-order valence-corrected chi connectivity index (χ0v) is 12.6. The van der Waals surface area contributed by atoms with Crippen molar-refractivity contribution >= 4 is 17.6 Å². The molecule has 0 saturated carbocycles. The molecule has 6 heteroatoms. The van der Waals surface area contributed by atoms with Crippen molar-refractivity contribution in [2.75, 3.05) is 18.9 Å². The number of aromatic nitrogens is 1. The van der Waals surface area contributed by atoms with Crippen LogP contribution < -0.4 is 5.73 Å². The molecule has 116 valence electrons. The van der Waals surface area contributed by atoms with Gasteiger partial charge in [-0.1, -0.05) is 0 Å². The number of aryl methyl sites for hydroxylation is 1. The van der Waals surface area contributed by atoms with Crippen molar-refractivity contribution in [2.24, 2.45) is 0 Å². The molecule has 6 nitrogen and oxygen atoms in total. The molecule has 1 aromatic rings. The Morgan fingerprint density at radius 2 is 2.00 bits per heavy atom. The summed E-state index contributed by atoms with van der Waals surface area (Å²) in [6, 6.07) is 1.56. The van der Waals surface area contributed by atoms with E-state index in [-0.39, 0.29) is 5.97 Å². The van der Waals surface area contributed by atoms with Crippen LogP contribution in [0.4, 0.5) is 5.69 Å². The van der Waals surface area contributed by atoms with E-state index in [1.165, 1.54) is 6.20 Å². The number of pyridine rings is 1. The fourth-order valence-corrected chi connectivity index (χ4v) is 1.78. The van der Waals surface area contributed by atoms with Crippen LogP contribution >= 0.6 is 0 Å². The lowest BCUT2D eigenvalue weighted by molar-refractivity contribution is -0.143. The van der Waals surface area contributed by atoms with Crippen LogP contribution in [0, 0.1) is 6.92 Å². The number of nitrogens with zero attached hydrogens (tertiary/aromatic N) is 1. The molecule has 1 heterocycles. The molecule has 0 saturated heterocycles. The summed E-state index contributed by atoms with van der Waals surface area (Å²) < 4.78 is 9.99. The minimum Gasteiger partial charge on any atom is -0.466 e. The Morgan fingerprint density at radius 1 is 1.24 bits per heavy atom. The Hall–Kier alpha value is -2.11. The van der Waals surface area contributed by atoms with E-state index in [1.807, 2.05) is 0 Å². The molecule has 1 rings (SSSR count). The van der Waals surface area contributed by atoms with Gasteiger partial charge < -0.3 is 15.2 Å². The normalized spacial score (nSPS) is 10.2. The second-order valence-corrected chi connectivity index (χ2v) is 4.65. The highest BCUT2D eigenvalue weighted by molar-refractivity contribution is 5.91. The fourth-order valence-electron chi connectivity index (χ4n) is 1.78. The molecule has 0 fully saturated rings.